The van der Waals surface area contributed by atoms with Crippen LogP contribution in [0.4, 0.5) is 19.0 Å². The molecular weight excluding hydrogens is 501 g/mol. The summed E-state index contributed by atoms with van der Waals surface area (Å²) in [6.45, 7) is 5.92. The maximum Gasteiger partial charge on any atom is 0.417 e. The second-order valence-corrected chi connectivity index (χ2v) is 11.0. The van der Waals surface area contributed by atoms with Gasteiger partial charge in [-0.3, -0.25) is 9.89 Å². The van der Waals surface area contributed by atoms with E-state index in [1.807, 2.05) is 26.1 Å². The van der Waals surface area contributed by atoms with E-state index in [1.165, 1.54) is 6.08 Å². The summed E-state index contributed by atoms with van der Waals surface area (Å²) in [4.78, 5) is 15.4. The summed E-state index contributed by atoms with van der Waals surface area (Å²) in [5.41, 5.74) is 0.157. The molecule has 2 aromatic rings. The average Bonchev–Trinajstić information content (AvgIpc) is 3.63. The van der Waals surface area contributed by atoms with Crippen LogP contribution in [0.15, 0.2) is 35.2 Å². The van der Waals surface area contributed by atoms with Crippen LogP contribution in [-0.2, 0) is 14.2 Å². The number of nitrogens with zero attached hydrogens (tertiary/aromatic N) is 5. The van der Waals surface area contributed by atoms with Crippen LogP contribution < -0.4 is 5.32 Å². The number of ether oxygens (including phenoxy) is 3. The Morgan fingerprint density at radius 2 is 2.03 bits per heavy atom. The van der Waals surface area contributed by atoms with Crippen molar-refractivity contribution in [3.63, 3.8) is 0 Å². The van der Waals surface area contributed by atoms with Crippen LogP contribution in [0.5, 0.6) is 0 Å². The molecule has 1 saturated carbocycles. The maximum absolute atomic E-state index is 12.9. The number of aromatic nitrogens is 3. The van der Waals surface area contributed by atoms with Crippen molar-refractivity contribution in [1.82, 2.24) is 19.4 Å². The fourth-order valence-corrected chi connectivity index (χ4v) is 6.37. The Balaban J connectivity index is 1.16. The molecule has 206 valence electrons. The Bertz CT molecular complexity index is 1240. The molecule has 4 aliphatic rings. The van der Waals surface area contributed by atoms with Crippen molar-refractivity contribution in [2.24, 2.45) is 10.9 Å². The fourth-order valence-electron chi connectivity index (χ4n) is 6.37. The number of dihydropyridines is 1. The van der Waals surface area contributed by atoms with E-state index < -0.39 is 17.5 Å². The smallest absolute Gasteiger partial charge is 0.384 e. The largest absolute Gasteiger partial charge is 0.417 e. The van der Waals surface area contributed by atoms with Crippen molar-refractivity contribution in [2.45, 2.75) is 75.5 Å². The highest BCUT2D eigenvalue weighted by atomic mass is 19.4. The molecule has 9 nitrogen and oxygen atoms in total. The molecule has 38 heavy (non-hydrogen) atoms. The Labute approximate surface area is 219 Å². The predicted molar refractivity (Wildman–Crippen MR) is 135 cm³/mol. The number of likely N-dealkylation sites (tertiary alicyclic amines) is 1. The van der Waals surface area contributed by atoms with Gasteiger partial charge in [0.2, 0.25) is 0 Å². The van der Waals surface area contributed by atoms with Gasteiger partial charge in [-0.05, 0) is 32.8 Å². The second-order valence-electron chi connectivity index (χ2n) is 11.0. The molecule has 0 bridgehead atoms. The fraction of sp³-hybridized carbons (Fsp3) is 0.654. The average molecular weight is 535 g/mol. The number of nitrogens with one attached hydrogen (secondary N) is 1. The third-order valence-corrected chi connectivity index (χ3v) is 8.04. The first-order chi connectivity index (χ1) is 18.1. The first-order valence-electron chi connectivity index (χ1n) is 13.1. The van der Waals surface area contributed by atoms with E-state index in [0.717, 1.165) is 42.5 Å². The first kappa shape index (κ1) is 25.7. The number of anilines is 1. The van der Waals surface area contributed by atoms with E-state index in [1.54, 1.807) is 13.4 Å². The van der Waals surface area contributed by atoms with Gasteiger partial charge >= 0.3 is 6.18 Å². The molecule has 1 unspecified atom stereocenters. The summed E-state index contributed by atoms with van der Waals surface area (Å²) in [5, 5.41) is 4.47. The number of fused-ring (bicyclic) bond motifs is 2. The Morgan fingerprint density at radius 1 is 1.21 bits per heavy atom. The lowest BCUT2D eigenvalue weighted by Crippen LogP contribution is -2.35. The molecule has 2 saturated heterocycles. The molecule has 3 aliphatic heterocycles. The Kier molecular flexibility index (Phi) is 6.48. The van der Waals surface area contributed by atoms with Gasteiger partial charge in [0, 0.05) is 51.0 Å². The van der Waals surface area contributed by atoms with Gasteiger partial charge in [-0.15, -0.1) is 0 Å². The summed E-state index contributed by atoms with van der Waals surface area (Å²) in [6, 6.07) is 2.19. The van der Waals surface area contributed by atoms with E-state index in [2.05, 4.69) is 29.7 Å². The zero-order valence-corrected chi connectivity index (χ0v) is 21.7. The molecule has 6 rings (SSSR count). The molecule has 0 radical (unpaired) electrons. The number of halogens is 3. The molecule has 5 heterocycles. The normalized spacial score (nSPS) is 33.2. The molecule has 3 fully saturated rings. The van der Waals surface area contributed by atoms with Crippen LogP contribution >= 0.6 is 0 Å². The van der Waals surface area contributed by atoms with Crippen molar-refractivity contribution in [3.05, 3.63) is 30.2 Å². The molecule has 0 amide bonds. The molecule has 1 N–H and O–H groups in total. The third kappa shape index (κ3) is 4.72. The molecule has 2 aromatic heterocycles. The third-order valence-electron chi connectivity index (χ3n) is 8.04. The number of aliphatic imine (C=N–C) groups is 1. The highest BCUT2D eigenvalue weighted by molar-refractivity contribution is 5.87. The quantitative estimate of drug-likeness (QED) is 0.601. The lowest BCUT2D eigenvalue weighted by Gasteiger charge is -2.26. The number of methoxy groups -OCH3 is 1. The van der Waals surface area contributed by atoms with E-state index in [9.17, 15) is 13.2 Å². The van der Waals surface area contributed by atoms with Gasteiger partial charge in [-0.25, -0.2) is 9.97 Å². The van der Waals surface area contributed by atoms with Crippen LogP contribution in [0.3, 0.4) is 0 Å². The molecule has 1 aliphatic carbocycles. The van der Waals surface area contributed by atoms with E-state index in [0.29, 0.717) is 13.2 Å². The minimum atomic E-state index is -4.35. The molecule has 0 aromatic carbocycles. The van der Waals surface area contributed by atoms with Crippen molar-refractivity contribution in [1.29, 1.82) is 0 Å². The topological polar surface area (TPSA) is 86.0 Å². The van der Waals surface area contributed by atoms with Gasteiger partial charge < -0.3 is 24.1 Å². The Morgan fingerprint density at radius 3 is 2.76 bits per heavy atom. The summed E-state index contributed by atoms with van der Waals surface area (Å²) >= 11 is 0. The monoisotopic (exact) mass is 534 g/mol. The number of rotatable bonds is 6. The summed E-state index contributed by atoms with van der Waals surface area (Å²) in [7, 11) is 1.71. The van der Waals surface area contributed by atoms with E-state index in [4.69, 9.17) is 14.2 Å². The van der Waals surface area contributed by atoms with Gasteiger partial charge in [-0.2, -0.15) is 13.2 Å². The van der Waals surface area contributed by atoms with Crippen LogP contribution in [-0.4, -0.2) is 88.8 Å². The van der Waals surface area contributed by atoms with E-state index in [-0.39, 0.29) is 42.8 Å². The predicted octanol–water partition coefficient (Wildman–Crippen LogP) is 3.93. The highest BCUT2D eigenvalue weighted by Crippen LogP contribution is 2.48. The number of hydrogen-bond acceptors (Lipinski definition) is 8. The van der Waals surface area contributed by atoms with Gasteiger partial charge in [0.05, 0.1) is 29.7 Å². The van der Waals surface area contributed by atoms with E-state index >= 15 is 0 Å². The lowest BCUT2D eigenvalue weighted by atomic mass is 10.1. The Hall–Kier alpha value is -2.54. The zero-order valence-electron chi connectivity index (χ0n) is 21.7. The SMILES string of the molecule is COC[C@H]1C[C@@H](n2ccc3c(N[C@H]4CCN(C5CC=C(C(F)(F)F)C=N5)C4)ncnc32)[C@@H]2OC(C)(C)O[C@H]12. The zero-order chi connectivity index (χ0) is 26.7. The number of allylic oxidation sites excluding steroid dienone is 1. The summed E-state index contributed by atoms with van der Waals surface area (Å²) in [6.07, 6.45) is 3.00. The van der Waals surface area contributed by atoms with Gasteiger partial charge in [0.25, 0.3) is 0 Å². The number of alkyl halides is 3. The minimum Gasteiger partial charge on any atom is -0.384 e. The molecule has 6 atom stereocenters. The van der Waals surface area contributed by atoms with Gasteiger partial charge in [-0.1, -0.05) is 6.08 Å². The molecule has 12 heteroatoms. The summed E-state index contributed by atoms with van der Waals surface area (Å²) < 4.78 is 59.0. The van der Waals surface area contributed by atoms with Crippen LogP contribution in [0.25, 0.3) is 11.0 Å². The highest BCUT2D eigenvalue weighted by Gasteiger charge is 2.54. The summed E-state index contributed by atoms with van der Waals surface area (Å²) in [5.74, 6) is 0.326. The van der Waals surface area contributed by atoms with Crippen LogP contribution in [0.2, 0.25) is 0 Å². The first-order valence-corrected chi connectivity index (χ1v) is 13.1. The maximum atomic E-state index is 12.9. The molecule has 0 spiro atoms. The lowest BCUT2D eigenvalue weighted by molar-refractivity contribution is -0.162. The van der Waals surface area contributed by atoms with Crippen molar-refractivity contribution >= 4 is 23.1 Å². The van der Waals surface area contributed by atoms with Crippen molar-refractivity contribution < 1.29 is 27.4 Å². The van der Waals surface area contributed by atoms with Crippen LogP contribution in [0, 0.1) is 5.92 Å². The molecular formula is C26H33F3N6O3. The van der Waals surface area contributed by atoms with Crippen molar-refractivity contribution in [3.8, 4) is 0 Å². The van der Waals surface area contributed by atoms with Crippen LogP contribution in [0.1, 0.15) is 39.2 Å². The van der Waals surface area contributed by atoms with Gasteiger partial charge in [0.15, 0.2) is 5.79 Å². The minimum absolute atomic E-state index is 0.0409. The van der Waals surface area contributed by atoms with Gasteiger partial charge in [0.1, 0.15) is 30.1 Å². The van der Waals surface area contributed by atoms with Crippen molar-refractivity contribution in [2.75, 3.05) is 32.1 Å². The number of hydrogen-bond donors (Lipinski definition) is 1. The standard InChI is InChI=1S/C26H33F3N6O3/c1-25(2)37-21-15(13-36-3)10-19(22(21)38-25)35-9-7-18-23(31-14-32-24(18)35)33-17-6-8-34(12-17)20-5-4-16(11-30-20)26(27,28)29/h4,7,9,11,14-15,17,19-22H,5-6,8,10,12-13H2,1-3H3,(H,31,32,33)/t15-,17+,19-,20?,21-,22+/m1/s1. The second kappa shape index (κ2) is 9.58.